The van der Waals surface area contributed by atoms with E-state index < -0.39 is 0 Å². The summed E-state index contributed by atoms with van der Waals surface area (Å²) in [5.41, 5.74) is 2.11. The Morgan fingerprint density at radius 1 is 0.778 bits per heavy atom. The van der Waals surface area contributed by atoms with E-state index in [1.165, 1.54) is 0 Å². The van der Waals surface area contributed by atoms with E-state index in [1.54, 1.807) is 35.5 Å². The predicted octanol–water partition coefficient (Wildman–Crippen LogP) is 2.59. The second-order valence-electron chi connectivity index (χ2n) is 5.66. The van der Waals surface area contributed by atoms with Crippen molar-refractivity contribution < 1.29 is 18.9 Å². The van der Waals surface area contributed by atoms with Gasteiger partial charge in [-0.3, -0.25) is 4.99 Å². The predicted molar refractivity (Wildman–Crippen MR) is 106 cm³/mol. The van der Waals surface area contributed by atoms with Crippen molar-refractivity contribution in [2.45, 2.75) is 13.1 Å². The second-order valence-corrected chi connectivity index (χ2v) is 5.66. The zero-order valence-corrected chi connectivity index (χ0v) is 16.5. The van der Waals surface area contributed by atoms with Crippen molar-refractivity contribution in [1.82, 2.24) is 10.6 Å². The van der Waals surface area contributed by atoms with Crippen molar-refractivity contribution >= 4 is 5.96 Å². The number of nitrogens with one attached hydrogen (secondary N) is 2. The molecule has 2 aromatic rings. The van der Waals surface area contributed by atoms with Crippen LogP contribution in [0.5, 0.6) is 23.0 Å². The Morgan fingerprint density at radius 2 is 1.33 bits per heavy atom. The molecule has 0 atom stereocenters. The lowest BCUT2D eigenvalue weighted by molar-refractivity contribution is 0.323. The van der Waals surface area contributed by atoms with Crippen LogP contribution in [0.15, 0.2) is 41.4 Å². The average molecular weight is 373 g/mol. The second kappa shape index (κ2) is 10.2. The summed E-state index contributed by atoms with van der Waals surface area (Å²) >= 11 is 0. The SMILES string of the molecule is CN=C(NCc1ccc(OC)cc1)NCc1cc(OC)c(OC)c(OC)c1. The zero-order valence-electron chi connectivity index (χ0n) is 16.5. The number of guanidine groups is 1. The Bertz CT molecular complexity index is 735. The summed E-state index contributed by atoms with van der Waals surface area (Å²) in [5, 5.41) is 6.56. The maximum Gasteiger partial charge on any atom is 0.203 e. The highest BCUT2D eigenvalue weighted by atomic mass is 16.5. The smallest absolute Gasteiger partial charge is 0.203 e. The number of aliphatic imine (C=N–C) groups is 1. The molecule has 27 heavy (non-hydrogen) atoms. The lowest BCUT2D eigenvalue weighted by Crippen LogP contribution is -2.36. The monoisotopic (exact) mass is 373 g/mol. The van der Waals surface area contributed by atoms with E-state index in [-0.39, 0.29) is 0 Å². The van der Waals surface area contributed by atoms with Crippen molar-refractivity contribution in [2.24, 2.45) is 4.99 Å². The molecule has 0 aliphatic rings. The maximum atomic E-state index is 5.39. The van der Waals surface area contributed by atoms with Gasteiger partial charge in [-0.05, 0) is 35.4 Å². The maximum absolute atomic E-state index is 5.39. The van der Waals surface area contributed by atoms with E-state index in [9.17, 15) is 0 Å². The summed E-state index contributed by atoms with van der Waals surface area (Å²) in [4.78, 5) is 4.25. The number of methoxy groups -OCH3 is 4. The largest absolute Gasteiger partial charge is 0.497 e. The first kappa shape index (κ1) is 20.2. The lowest BCUT2D eigenvalue weighted by Gasteiger charge is -2.16. The molecule has 0 bridgehead atoms. The Balaban J connectivity index is 1.98. The molecule has 0 unspecified atom stereocenters. The first-order valence-corrected chi connectivity index (χ1v) is 8.51. The number of benzene rings is 2. The van der Waals surface area contributed by atoms with Crippen LogP contribution in [-0.2, 0) is 13.1 Å². The summed E-state index contributed by atoms with van der Waals surface area (Å²) in [6.07, 6.45) is 0. The van der Waals surface area contributed by atoms with Gasteiger partial charge >= 0.3 is 0 Å². The van der Waals surface area contributed by atoms with Gasteiger partial charge in [-0.15, -0.1) is 0 Å². The topological polar surface area (TPSA) is 73.3 Å². The van der Waals surface area contributed by atoms with Crippen molar-refractivity contribution in [3.8, 4) is 23.0 Å². The minimum absolute atomic E-state index is 0.555. The molecule has 0 radical (unpaired) electrons. The van der Waals surface area contributed by atoms with Gasteiger partial charge in [0.05, 0.1) is 28.4 Å². The number of ether oxygens (including phenoxy) is 4. The average Bonchev–Trinajstić information content (AvgIpc) is 2.73. The van der Waals surface area contributed by atoms with Crippen LogP contribution in [-0.4, -0.2) is 41.4 Å². The molecule has 2 N–H and O–H groups in total. The molecule has 0 aliphatic carbocycles. The number of nitrogens with zero attached hydrogens (tertiary/aromatic N) is 1. The Hall–Kier alpha value is -3.09. The van der Waals surface area contributed by atoms with E-state index in [0.29, 0.717) is 36.3 Å². The first-order chi connectivity index (χ1) is 13.1. The molecule has 0 amide bonds. The zero-order chi connectivity index (χ0) is 19.6. The van der Waals surface area contributed by atoms with E-state index >= 15 is 0 Å². The van der Waals surface area contributed by atoms with Crippen LogP contribution in [0.3, 0.4) is 0 Å². The highest BCUT2D eigenvalue weighted by Gasteiger charge is 2.13. The Morgan fingerprint density at radius 3 is 1.78 bits per heavy atom. The van der Waals surface area contributed by atoms with Crippen molar-refractivity contribution in [2.75, 3.05) is 35.5 Å². The van der Waals surface area contributed by atoms with Crippen LogP contribution in [0.1, 0.15) is 11.1 Å². The molecule has 7 heteroatoms. The summed E-state index contributed by atoms with van der Waals surface area (Å²) in [7, 11) is 8.18. The summed E-state index contributed by atoms with van der Waals surface area (Å²) in [6.45, 7) is 1.21. The number of rotatable bonds is 8. The lowest BCUT2D eigenvalue weighted by atomic mass is 10.2. The van der Waals surface area contributed by atoms with Gasteiger partial charge in [0.1, 0.15) is 5.75 Å². The van der Waals surface area contributed by atoms with Crippen LogP contribution >= 0.6 is 0 Å². The van der Waals surface area contributed by atoms with Crippen LogP contribution in [0.25, 0.3) is 0 Å². The Labute approximate surface area is 160 Å². The van der Waals surface area contributed by atoms with Crippen LogP contribution < -0.4 is 29.6 Å². The molecule has 0 aliphatic heterocycles. The van der Waals surface area contributed by atoms with Gasteiger partial charge in [0, 0.05) is 20.1 Å². The molecule has 146 valence electrons. The molecule has 0 fully saturated rings. The third kappa shape index (κ3) is 5.44. The number of hydrogen-bond donors (Lipinski definition) is 2. The summed E-state index contributed by atoms with van der Waals surface area (Å²) < 4.78 is 21.3. The highest BCUT2D eigenvalue weighted by Crippen LogP contribution is 2.38. The van der Waals surface area contributed by atoms with Crippen molar-refractivity contribution in [3.63, 3.8) is 0 Å². The molecule has 0 aromatic heterocycles. The molecular formula is C20H27N3O4. The van der Waals surface area contributed by atoms with Gasteiger partial charge in [0.2, 0.25) is 5.75 Å². The fourth-order valence-electron chi connectivity index (χ4n) is 2.57. The van der Waals surface area contributed by atoms with Gasteiger partial charge in [0.15, 0.2) is 17.5 Å². The number of hydrogen-bond acceptors (Lipinski definition) is 5. The van der Waals surface area contributed by atoms with Gasteiger partial charge in [-0.2, -0.15) is 0 Å². The van der Waals surface area contributed by atoms with Crippen molar-refractivity contribution in [1.29, 1.82) is 0 Å². The molecule has 0 saturated heterocycles. The third-order valence-electron chi connectivity index (χ3n) is 4.03. The molecule has 0 saturated carbocycles. The van der Waals surface area contributed by atoms with Gasteiger partial charge in [0.25, 0.3) is 0 Å². The molecule has 2 aromatic carbocycles. The quantitative estimate of drug-likeness (QED) is 0.547. The highest BCUT2D eigenvalue weighted by molar-refractivity contribution is 5.79. The minimum Gasteiger partial charge on any atom is -0.497 e. The van der Waals surface area contributed by atoms with Gasteiger partial charge in [-0.1, -0.05) is 12.1 Å². The molecule has 0 spiro atoms. The van der Waals surface area contributed by atoms with E-state index in [4.69, 9.17) is 18.9 Å². The molecule has 2 rings (SSSR count). The summed E-state index contributed by atoms with van der Waals surface area (Å²) in [6, 6.07) is 11.7. The minimum atomic E-state index is 0.555. The standard InChI is InChI=1S/C20H27N3O4/c1-21-20(22-12-14-6-8-16(24-2)9-7-14)23-13-15-10-17(25-3)19(27-5)18(11-15)26-4/h6-11H,12-13H2,1-5H3,(H2,21,22,23). The molecular weight excluding hydrogens is 346 g/mol. The van der Waals surface area contributed by atoms with Crippen molar-refractivity contribution in [3.05, 3.63) is 47.5 Å². The third-order valence-corrected chi connectivity index (χ3v) is 4.03. The fraction of sp³-hybridized carbons (Fsp3) is 0.350. The molecule has 7 nitrogen and oxygen atoms in total. The van der Waals surface area contributed by atoms with E-state index in [2.05, 4.69) is 15.6 Å². The molecule has 0 heterocycles. The van der Waals surface area contributed by atoms with E-state index in [0.717, 1.165) is 16.9 Å². The Kier molecular flexibility index (Phi) is 7.61. The summed E-state index contributed by atoms with van der Waals surface area (Å²) in [5.74, 6) is 3.35. The van der Waals surface area contributed by atoms with Gasteiger partial charge < -0.3 is 29.6 Å². The fourth-order valence-corrected chi connectivity index (χ4v) is 2.57. The van der Waals surface area contributed by atoms with E-state index in [1.807, 2.05) is 36.4 Å². The van der Waals surface area contributed by atoms with Gasteiger partial charge in [-0.25, -0.2) is 0 Å². The van der Waals surface area contributed by atoms with Crippen LogP contribution in [0.4, 0.5) is 0 Å². The van der Waals surface area contributed by atoms with Crippen LogP contribution in [0, 0.1) is 0 Å². The van der Waals surface area contributed by atoms with Crippen LogP contribution in [0.2, 0.25) is 0 Å². The normalized spacial score (nSPS) is 10.9. The first-order valence-electron chi connectivity index (χ1n) is 8.51.